The summed E-state index contributed by atoms with van der Waals surface area (Å²) in [7, 11) is 5.38. The van der Waals surface area contributed by atoms with Gasteiger partial charge in [0.15, 0.2) is 11.1 Å². The van der Waals surface area contributed by atoms with Crippen LogP contribution in [0.1, 0.15) is 0 Å². The molecule has 0 heterocycles. The molecular weight excluding hydrogens is 161 g/mol. The van der Waals surface area contributed by atoms with Gasteiger partial charge in [0.05, 0.1) is 4.90 Å². The molecule has 3 nitrogen and oxygen atoms in total. The van der Waals surface area contributed by atoms with Crippen molar-refractivity contribution >= 4 is 30.1 Å². The summed E-state index contributed by atoms with van der Waals surface area (Å²) in [6.07, 6.45) is 0. The summed E-state index contributed by atoms with van der Waals surface area (Å²) in [6.45, 7) is 0. The van der Waals surface area contributed by atoms with Crippen molar-refractivity contribution in [3.05, 3.63) is 18.2 Å². The van der Waals surface area contributed by atoms with E-state index in [0.717, 1.165) is 0 Å². The quantitative estimate of drug-likeness (QED) is 0.341. The minimum Gasteiger partial charge on any atom is -0.399 e. The first kappa shape index (κ1) is 8.29. The highest BCUT2D eigenvalue weighted by atomic mass is 32.2. The number of nitrogen functional groups attached to an aromatic ring is 1. The molecule has 56 valence electrons. The van der Waals surface area contributed by atoms with Gasteiger partial charge in [-0.2, -0.15) is 0 Å². The standard InChI is InChI=1S/C6H6BNO2S/c7-5-2-1-4(11(9)10)3-6(5)8/h1-3H,8H2,(H,9,10). The number of anilines is 1. The summed E-state index contributed by atoms with van der Waals surface area (Å²) in [4.78, 5) is 0.261. The molecule has 5 heteroatoms. The van der Waals surface area contributed by atoms with E-state index in [9.17, 15) is 4.21 Å². The highest BCUT2D eigenvalue weighted by molar-refractivity contribution is 7.79. The topological polar surface area (TPSA) is 63.3 Å². The van der Waals surface area contributed by atoms with Crippen molar-refractivity contribution < 1.29 is 8.76 Å². The summed E-state index contributed by atoms with van der Waals surface area (Å²) < 4.78 is 19.1. The molecule has 0 saturated heterocycles. The van der Waals surface area contributed by atoms with E-state index in [1.54, 1.807) is 0 Å². The van der Waals surface area contributed by atoms with Crippen molar-refractivity contribution in [2.75, 3.05) is 5.73 Å². The van der Waals surface area contributed by atoms with Gasteiger partial charge in [0.2, 0.25) is 0 Å². The Kier molecular flexibility index (Phi) is 2.31. The van der Waals surface area contributed by atoms with E-state index in [0.29, 0.717) is 11.2 Å². The fourth-order valence-corrected chi connectivity index (χ4v) is 1.07. The van der Waals surface area contributed by atoms with E-state index in [4.69, 9.17) is 18.1 Å². The van der Waals surface area contributed by atoms with Crippen molar-refractivity contribution in [1.29, 1.82) is 0 Å². The van der Waals surface area contributed by atoms with E-state index in [-0.39, 0.29) is 4.90 Å². The number of hydrogen-bond acceptors (Lipinski definition) is 2. The lowest BCUT2D eigenvalue weighted by Gasteiger charge is -2.00. The molecule has 0 aromatic heterocycles. The molecule has 1 unspecified atom stereocenters. The first-order valence-electron chi connectivity index (χ1n) is 2.87. The van der Waals surface area contributed by atoms with Gasteiger partial charge in [0.25, 0.3) is 0 Å². The largest absolute Gasteiger partial charge is 0.399 e. The van der Waals surface area contributed by atoms with Crippen molar-refractivity contribution in [2.45, 2.75) is 4.90 Å². The Morgan fingerprint density at radius 3 is 2.64 bits per heavy atom. The summed E-state index contributed by atoms with van der Waals surface area (Å²) in [6, 6.07) is 4.34. The van der Waals surface area contributed by atoms with Gasteiger partial charge < -0.3 is 10.3 Å². The van der Waals surface area contributed by atoms with E-state index < -0.39 is 11.1 Å². The summed E-state index contributed by atoms with van der Waals surface area (Å²) in [5, 5.41) is 0. The van der Waals surface area contributed by atoms with Crippen LogP contribution in [-0.4, -0.2) is 16.6 Å². The number of benzene rings is 1. The molecule has 2 radical (unpaired) electrons. The van der Waals surface area contributed by atoms with Crippen LogP contribution in [0.5, 0.6) is 0 Å². The fourth-order valence-electron chi connectivity index (χ4n) is 0.661. The molecule has 3 N–H and O–H groups in total. The molecule has 1 aromatic rings. The molecule has 1 atom stereocenters. The lowest BCUT2D eigenvalue weighted by atomic mass is 9.95. The van der Waals surface area contributed by atoms with Crippen LogP contribution >= 0.6 is 0 Å². The minimum atomic E-state index is -1.98. The van der Waals surface area contributed by atoms with Gasteiger partial charge in [-0.15, -0.1) is 0 Å². The Labute approximate surface area is 68.3 Å². The Morgan fingerprint density at radius 1 is 1.55 bits per heavy atom. The smallest absolute Gasteiger partial charge is 0.186 e. The molecule has 1 aromatic carbocycles. The summed E-state index contributed by atoms with van der Waals surface area (Å²) in [5.41, 5.74) is 6.13. The molecular formula is C6H6BNO2S. The highest BCUT2D eigenvalue weighted by Crippen LogP contribution is 2.06. The van der Waals surface area contributed by atoms with Crippen LogP contribution < -0.4 is 11.2 Å². The average molecular weight is 167 g/mol. The maximum absolute atomic E-state index is 10.5. The first-order chi connectivity index (χ1) is 5.11. The second-order valence-corrected chi connectivity index (χ2v) is 3.01. The number of nitrogens with two attached hydrogens (primary N) is 1. The van der Waals surface area contributed by atoms with Crippen LogP contribution in [0, 0.1) is 0 Å². The van der Waals surface area contributed by atoms with E-state index in [2.05, 4.69) is 0 Å². The van der Waals surface area contributed by atoms with Crippen LogP contribution in [0.15, 0.2) is 23.1 Å². The van der Waals surface area contributed by atoms with Crippen molar-refractivity contribution in [1.82, 2.24) is 0 Å². The van der Waals surface area contributed by atoms with Crippen LogP contribution in [0.4, 0.5) is 5.69 Å². The lowest BCUT2D eigenvalue weighted by molar-refractivity contribution is 0.564. The van der Waals surface area contributed by atoms with Gasteiger partial charge in [-0.05, 0) is 12.1 Å². The molecule has 0 aliphatic rings. The molecule has 0 aliphatic carbocycles. The zero-order valence-electron chi connectivity index (χ0n) is 5.65. The average Bonchev–Trinajstić information content (AvgIpc) is 1.94. The van der Waals surface area contributed by atoms with Crippen LogP contribution in [0.2, 0.25) is 0 Å². The van der Waals surface area contributed by atoms with E-state index in [1.165, 1.54) is 18.2 Å². The number of hydrogen-bond donors (Lipinski definition) is 2. The van der Waals surface area contributed by atoms with E-state index >= 15 is 0 Å². The van der Waals surface area contributed by atoms with Gasteiger partial charge >= 0.3 is 0 Å². The lowest BCUT2D eigenvalue weighted by Crippen LogP contribution is -2.09. The first-order valence-corrected chi connectivity index (χ1v) is 3.98. The summed E-state index contributed by atoms with van der Waals surface area (Å²) in [5.74, 6) is 0. The maximum Gasteiger partial charge on any atom is 0.186 e. The summed E-state index contributed by atoms with van der Waals surface area (Å²) >= 11 is -1.98. The van der Waals surface area contributed by atoms with Gasteiger partial charge in [-0.25, -0.2) is 4.21 Å². The Morgan fingerprint density at radius 2 is 2.18 bits per heavy atom. The highest BCUT2D eigenvalue weighted by Gasteiger charge is 2.00. The number of rotatable bonds is 1. The van der Waals surface area contributed by atoms with Gasteiger partial charge in [0, 0.05) is 5.69 Å². The van der Waals surface area contributed by atoms with Gasteiger partial charge in [-0.1, -0.05) is 11.5 Å². The molecule has 0 bridgehead atoms. The predicted octanol–water partition coefficient (Wildman–Crippen LogP) is -0.357. The van der Waals surface area contributed by atoms with Gasteiger partial charge in [-0.3, -0.25) is 0 Å². The molecule has 11 heavy (non-hydrogen) atoms. The maximum atomic E-state index is 10.5. The Balaban J connectivity index is 3.15. The predicted molar refractivity (Wildman–Crippen MR) is 45.3 cm³/mol. The molecule has 0 amide bonds. The zero-order chi connectivity index (χ0) is 8.43. The molecule has 0 fully saturated rings. The van der Waals surface area contributed by atoms with Crippen molar-refractivity contribution in [2.24, 2.45) is 0 Å². The normalized spacial score (nSPS) is 12.8. The third kappa shape index (κ3) is 1.81. The minimum absolute atomic E-state index is 0.261. The monoisotopic (exact) mass is 167 g/mol. The SMILES string of the molecule is [B]c1ccc(S(=O)O)cc1N. The van der Waals surface area contributed by atoms with Crippen LogP contribution in [0.25, 0.3) is 0 Å². The van der Waals surface area contributed by atoms with Gasteiger partial charge in [0.1, 0.15) is 7.85 Å². The van der Waals surface area contributed by atoms with Crippen LogP contribution in [0.3, 0.4) is 0 Å². The third-order valence-electron chi connectivity index (χ3n) is 1.26. The fraction of sp³-hybridized carbons (Fsp3) is 0. The van der Waals surface area contributed by atoms with Crippen molar-refractivity contribution in [3.63, 3.8) is 0 Å². The molecule has 0 saturated carbocycles. The molecule has 1 rings (SSSR count). The van der Waals surface area contributed by atoms with E-state index in [1.807, 2.05) is 0 Å². The van der Waals surface area contributed by atoms with Crippen molar-refractivity contribution in [3.8, 4) is 0 Å². The second-order valence-electron chi connectivity index (χ2n) is 2.04. The molecule has 0 spiro atoms. The van der Waals surface area contributed by atoms with Crippen LogP contribution in [-0.2, 0) is 11.1 Å². The third-order valence-corrected chi connectivity index (χ3v) is 1.92. The molecule has 0 aliphatic heterocycles. The zero-order valence-corrected chi connectivity index (χ0v) is 6.47. The Bertz CT molecular complexity index is 303. The second kappa shape index (κ2) is 3.06. The Hall–Kier alpha value is -0.805.